The fourth-order valence-electron chi connectivity index (χ4n) is 3.27. The van der Waals surface area contributed by atoms with E-state index in [1.165, 1.54) is 19.3 Å². The minimum Gasteiger partial charge on any atom is -0.450 e. The third-order valence-corrected chi connectivity index (χ3v) is 4.62. The zero-order valence-electron chi connectivity index (χ0n) is 12.2. The second-order valence-corrected chi connectivity index (χ2v) is 6.39. The van der Waals surface area contributed by atoms with E-state index in [-0.39, 0.29) is 11.2 Å². The van der Waals surface area contributed by atoms with Gasteiger partial charge in [-0.3, -0.25) is 9.59 Å². The molecular formula is C17H18ClNO3. The number of halogens is 1. The van der Waals surface area contributed by atoms with Crippen molar-refractivity contribution in [1.29, 1.82) is 0 Å². The van der Waals surface area contributed by atoms with Gasteiger partial charge in [0.1, 0.15) is 5.58 Å². The molecule has 0 radical (unpaired) electrons. The second kappa shape index (κ2) is 6.13. The lowest BCUT2D eigenvalue weighted by Crippen LogP contribution is -2.23. The van der Waals surface area contributed by atoms with Crippen LogP contribution in [0.25, 0.3) is 11.0 Å². The molecule has 22 heavy (non-hydrogen) atoms. The Hall–Kier alpha value is -1.81. The molecule has 1 aromatic heterocycles. The molecule has 0 bridgehead atoms. The molecule has 116 valence electrons. The van der Waals surface area contributed by atoms with Crippen LogP contribution >= 0.6 is 11.6 Å². The van der Waals surface area contributed by atoms with E-state index in [1.54, 1.807) is 18.2 Å². The van der Waals surface area contributed by atoms with E-state index >= 15 is 0 Å². The number of nitrogens with two attached hydrogens (primary N) is 1. The largest absolute Gasteiger partial charge is 0.450 e. The molecule has 1 aliphatic rings. The third-order valence-electron chi connectivity index (χ3n) is 4.39. The van der Waals surface area contributed by atoms with Gasteiger partial charge in [0.2, 0.25) is 0 Å². The van der Waals surface area contributed by atoms with Crippen LogP contribution in [0.3, 0.4) is 0 Å². The minimum atomic E-state index is -0.695. The monoisotopic (exact) mass is 319 g/mol. The van der Waals surface area contributed by atoms with Gasteiger partial charge in [-0.2, -0.15) is 0 Å². The van der Waals surface area contributed by atoms with Crippen LogP contribution in [0.2, 0.25) is 5.02 Å². The molecule has 0 atom stereocenters. The molecule has 2 N–H and O–H groups in total. The van der Waals surface area contributed by atoms with Crippen molar-refractivity contribution in [3.05, 3.63) is 44.8 Å². The van der Waals surface area contributed by atoms with Crippen LogP contribution in [-0.2, 0) is 6.42 Å². The summed E-state index contributed by atoms with van der Waals surface area (Å²) in [5, 5.41) is 0.874. The summed E-state index contributed by atoms with van der Waals surface area (Å²) in [5.74, 6) is -0.295. The van der Waals surface area contributed by atoms with Crippen molar-refractivity contribution < 1.29 is 9.21 Å². The highest BCUT2D eigenvalue weighted by Crippen LogP contribution is 2.28. The van der Waals surface area contributed by atoms with Gasteiger partial charge < -0.3 is 10.2 Å². The Balaban J connectivity index is 2.12. The van der Waals surface area contributed by atoms with Crippen LogP contribution in [0.1, 0.15) is 48.2 Å². The van der Waals surface area contributed by atoms with Gasteiger partial charge in [0.15, 0.2) is 11.2 Å². The van der Waals surface area contributed by atoms with Gasteiger partial charge in [0.25, 0.3) is 5.91 Å². The molecule has 3 rings (SSSR count). The van der Waals surface area contributed by atoms with Crippen LogP contribution in [0.4, 0.5) is 0 Å². The number of hydrogen-bond donors (Lipinski definition) is 1. The van der Waals surface area contributed by atoms with Crippen molar-refractivity contribution >= 4 is 28.5 Å². The van der Waals surface area contributed by atoms with Crippen molar-refractivity contribution in [2.75, 3.05) is 0 Å². The van der Waals surface area contributed by atoms with E-state index in [0.29, 0.717) is 33.9 Å². The molecule has 1 aliphatic carbocycles. The molecule has 1 fully saturated rings. The molecule has 1 saturated carbocycles. The van der Waals surface area contributed by atoms with Gasteiger partial charge in [-0.05, 0) is 30.5 Å². The number of amides is 1. The lowest BCUT2D eigenvalue weighted by atomic mass is 9.84. The zero-order chi connectivity index (χ0) is 15.7. The molecule has 1 amide bonds. The highest BCUT2D eigenvalue weighted by Gasteiger charge is 2.23. The summed E-state index contributed by atoms with van der Waals surface area (Å²) in [6.45, 7) is 0. The average Bonchev–Trinajstić information content (AvgIpc) is 2.51. The predicted molar refractivity (Wildman–Crippen MR) is 86.3 cm³/mol. The lowest BCUT2D eigenvalue weighted by Gasteiger charge is -2.21. The normalized spacial score (nSPS) is 16.0. The first kappa shape index (κ1) is 15.1. The zero-order valence-corrected chi connectivity index (χ0v) is 13.0. The van der Waals surface area contributed by atoms with Crippen molar-refractivity contribution in [2.24, 2.45) is 11.7 Å². The molecule has 0 aliphatic heterocycles. The van der Waals surface area contributed by atoms with Crippen LogP contribution < -0.4 is 11.2 Å². The highest BCUT2D eigenvalue weighted by atomic mass is 35.5. The Morgan fingerprint density at radius 3 is 2.68 bits per heavy atom. The van der Waals surface area contributed by atoms with E-state index in [4.69, 9.17) is 21.8 Å². The van der Waals surface area contributed by atoms with E-state index in [9.17, 15) is 9.59 Å². The molecule has 1 heterocycles. The number of fused-ring (bicyclic) bond motifs is 1. The Bertz CT molecular complexity index is 775. The third kappa shape index (κ3) is 2.88. The topological polar surface area (TPSA) is 73.3 Å². The standard InChI is InChI=1S/C17H18ClNO3/c18-11-6-7-14-12(9-11)15(20)13(16(22-14)17(19)21)8-10-4-2-1-3-5-10/h6-7,9-10H,1-5,8H2,(H2,19,21). The van der Waals surface area contributed by atoms with Crippen molar-refractivity contribution in [3.8, 4) is 0 Å². The van der Waals surface area contributed by atoms with Crippen LogP contribution in [0.15, 0.2) is 27.4 Å². The van der Waals surface area contributed by atoms with E-state index in [1.807, 2.05) is 0 Å². The van der Waals surface area contributed by atoms with Crippen molar-refractivity contribution in [3.63, 3.8) is 0 Å². The maximum absolute atomic E-state index is 12.8. The van der Waals surface area contributed by atoms with Gasteiger partial charge in [-0.1, -0.05) is 43.7 Å². The molecule has 0 saturated heterocycles. The van der Waals surface area contributed by atoms with Crippen LogP contribution in [-0.4, -0.2) is 5.91 Å². The number of benzene rings is 1. The maximum atomic E-state index is 12.8. The molecule has 1 aromatic carbocycles. The summed E-state index contributed by atoms with van der Waals surface area (Å²) in [6, 6.07) is 4.80. The number of carbonyl (C=O) groups is 1. The quantitative estimate of drug-likeness (QED) is 0.938. The Morgan fingerprint density at radius 1 is 1.27 bits per heavy atom. The molecular weight excluding hydrogens is 302 g/mol. The average molecular weight is 320 g/mol. The smallest absolute Gasteiger partial charge is 0.284 e. The summed E-state index contributed by atoms with van der Waals surface area (Å²) in [5.41, 5.74) is 5.96. The Labute approximate surface area is 133 Å². The van der Waals surface area contributed by atoms with Crippen LogP contribution in [0.5, 0.6) is 0 Å². The first-order chi connectivity index (χ1) is 10.6. The molecule has 0 spiro atoms. The van der Waals surface area contributed by atoms with E-state index < -0.39 is 5.91 Å². The fraction of sp³-hybridized carbons (Fsp3) is 0.412. The number of rotatable bonds is 3. The van der Waals surface area contributed by atoms with E-state index in [0.717, 1.165) is 12.8 Å². The molecule has 5 heteroatoms. The summed E-state index contributed by atoms with van der Waals surface area (Å²) in [4.78, 5) is 24.4. The minimum absolute atomic E-state index is 0.00889. The molecule has 4 nitrogen and oxygen atoms in total. The van der Waals surface area contributed by atoms with Crippen molar-refractivity contribution in [1.82, 2.24) is 0 Å². The van der Waals surface area contributed by atoms with Gasteiger partial charge in [-0.25, -0.2) is 0 Å². The summed E-state index contributed by atoms with van der Waals surface area (Å²) >= 11 is 5.97. The van der Waals surface area contributed by atoms with Gasteiger partial charge in [0, 0.05) is 10.6 Å². The Kier molecular flexibility index (Phi) is 4.21. The first-order valence-electron chi connectivity index (χ1n) is 7.61. The van der Waals surface area contributed by atoms with Crippen molar-refractivity contribution in [2.45, 2.75) is 38.5 Å². The SMILES string of the molecule is NC(=O)c1oc2ccc(Cl)cc2c(=O)c1CC1CCCCC1. The van der Waals surface area contributed by atoms with Gasteiger partial charge in [-0.15, -0.1) is 0 Å². The first-order valence-corrected chi connectivity index (χ1v) is 7.99. The summed E-state index contributed by atoms with van der Waals surface area (Å²) < 4.78 is 5.60. The molecule has 0 unspecified atom stereocenters. The highest BCUT2D eigenvalue weighted by molar-refractivity contribution is 6.31. The lowest BCUT2D eigenvalue weighted by molar-refractivity contribution is 0.0972. The summed E-state index contributed by atoms with van der Waals surface area (Å²) in [7, 11) is 0. The molecule has 2 aromatic rings. The van der Waals surface area contributed by atoms with Gasteiger partial charge in [0.05, 0.1) is 5.39 Å². The van der Waals surface area contributed by atoms with Crippen LogP contribution in [0, 0.1) is 5.92 Å². The maximum Gasteiger partial charge on any atom is 0.284 e. The second-order valence-electron chi connectivity index (χ2n) is 5.95. The Morgan fingerprint density at radius 2 is 2.00 bits per heavy atom. The van der Waals surface area contributed by atoms with E-state index in [2.05, 4.69) is 0 Å². The van der Waals surface area contributed by atoms with Gasteiger partial charge >= 0.3 is 0 Å². The fourth-order valence-corrected chi connectivity index (χ4v) is 3.44. The number of hydrogen-bond acceptors (Lipinski definition) is 3. The number of primary amides is 1. The predicted octanol–water partition coefficient (Wildman–Crippen LogP) is 3.67. The number of carbonyl (C=O) groups excluding carboxylic acids is 1. The summed E-state index contributed by atoms with van der Waals surface area (Å²) in [6.07, 6.45) is 6.27.